The van der Waals surface area contributed by atoms with Crippen molar-refractivity contribution in [3.63, 3.8) is 0 Å². The predicted molar refractivity (Wildman–Crippen MR) is 82.5 cm³/mol. The van der Waals surface area contributed by atoms with Crippen LogP contribution in [0, 0.1) is 11.3 Å². The number of esters is 1. The van der Waals surface area contributed by atoms with Gasteiger partial charge < -0.3 is 10.1 Å². The Bertz CT molecular complexity index is 690. The van der Waals surface area contributed by atoms with E-state index in [1.807, 2.05) is 23.6 Å². The lowest BCUT2D eigenvalue weighted by Crippen LogP contribution is -2.30. The molecule has 1 N–H and O–H groups in total. The van der Waals surface area contributed by atoms with Crippen molar-refractivity contribution in [3.8, 4) is 6.07 Å². The van der Waals surface area contributed by atoms with Crippen LogP contribution >= 0.6 is 11.3 Å². The smallest absolute Gasteiger partial charge is 0.338 e. The molecule has 5 nitrogen and oxygen atoms in total. The van der Waals surface area contributed by atoms with E-state index in [0.717, 1.165) is 6.42 Å². The fourth-order valence-electron chi connectivity index (χ4n) is 1.76. The molecule has 0 fully saturated rings. The first-order chi connectivity index (χ1) is 10.7. The van der Waals surface area contributed by atoms with Gasteiger partial charge in [0, 0.05) is 11.4 Å². The highest BCUT2D eigenvalue weighted by molar-refractivity contribution is 7.09. The van der Waals surface area contributed by atoms with E-state index in [-0.39, 0.29) is 18.1 Å². The molecule has 1 heterocycles. The largest absolute Gasteiger partial charge is 0.452 e. The van der Waals surface area contributed by atoms with Crippen LogP contribution < -0.4 is 5.32 Å². The van der Waals surface area contributed by atoms with Gasteiger partial charge in [0.25, 0.3) is 5.91 Å². The van der Waals surface area contributed by atoms with E-state index in [1.54, 1.807) is 23.5 Å². The molecule has 0 aliphatic heterocycles. The number of thiophene rings is 1. The summed E-state index contributed by atoms with van der Waals surface area (Å²) in [6, 6.07) is 12.1. The van der Waals surface area contributed by atoms with Crippen LogP contribution in [0.2, 0.25) is 0 Å². The normalized spacial score (nSPS) is 9.77. The first-order valence-electron chi connectivity index (χ1n) is 6.65. The number of carbonyl (C=O) groups excluding carboxylic acids is 2. The maximum Gasteiger partial charge on any atom is 0.338 e. The molecule has 1 aromatic heterocycles. The Kier molecular flexibility index (Phi) is 5.69. The van der Waals surface area contributed by atoms with Crippen LogP contribution in [0.3, 0.4) is 0 Å². The molecular formula is C16H14N2O3S. The second-order valence-electron chi connectivity index (χ2n) is 4.45. The Morgan fingerprint density at radius 3 is 2.86 bits per heavy atom. The van der Waals surface area contributed by atoms with Crippen LogP contribution in [0.25, 0.3) is 0 Å². The van der Waals surface area contributed by atoms with Gasteiger partial charge in [0.15, 0.2) is 6.61 Å². The fraction of sp³-hybridized carbons (Fsp3) is 0.188. The lowest BCUT2D eigenvalue weighted by Gasteiger charge is -2.06. The van der Waals surface area contributed by atoms with E-state index < -0.39 is 5.97 Å². The third-order valence-corrected chi connectivity index (χ3v) is 3.77. The molecule has 0 saturated carbocycles. The number of ether oxygens (including phenoxy) is 1. The molecule has 0 unspecified atom stereocenters. The van der Waals surface area contributed by atoms with Crippen molar-refractivity contribution in [2.45, 2.75) is 6.42 Å². The zero-order valence-electron chi connectivity index (χ0n) is 11.7. The highest BCUT2D eigenvalue weighted by atomic mass is 32.1. The van der Waals surface area contributed by atoms with Crippen molar-refractivity contribution in [1.29, 1.82) is 5.26 Å². The molecule has 0 saturated heterocycles. The van der Waals surface area contributed by atoms with Crippen LogP contribution in [-0.2, 0) is 16.0 Å². The van der Waals surface area contributed by atoms with E-state index in [9.17, 15) is 9.59 Å². The number of hydrogen-bond acceptors (Lipinski definition) is 5. The standard InChI is InChI=1S/C16H14N2O3S/c17-10-12-3-1-4-13(9-12)16(20)21-11-15(19)18-7-6-14-5-2-8-22-14/h1-5,8-9H,6-7,11H2,(H,18,19). The SMILES string of the molecule is N#Cc1cccc(C(=O)OCC(=O)NCCc2cccs2)c1. The molecule has 0 aliphatic carbocycles. The molecule has 0 aliphatic rings. The highest BCUT2D eigenvalue weighted by Gasteiger charge is 2.10. The van der Waals surface area contributed by atoms with E-state index in [0.29, 0.717) is 12.1 Å². The minimum Gasteiger partial charge on any atom is -0.452 e. The van der Waals surface area contributed by atoms with E-state index >= 15 is 0 Å². The average Bonchev–Trinajstić information content (AvgIpc) is 3.06. The number of rotatable bonds is 6. The molecule has 1 aromatic carbocycles. The Balaban J connectivity index is 1.73. The molecular weight excluding hydrogens is 300 g/mol. The van der Waals surface area contributed by atoms with Gasteiger partial charge in [-0.3, -0.25) is 4.79 Å². The van der Waals surface area contributed by atoms with Crippen LogP contribution in [0.1, 0.15) is 20.8 Å². The van der Waals surface area contributed by atoms with Crippen LogP contribution in [0.15, 0.2) is 41.8 Å². The Hall–Kier alpha value is -2.65. The Labute approximate surface area is 132 Å². The zero-order chi connectivity index (χ0) is 15.8. The summed E-state index contributed by atoms with van der Waals surface area (Å²) in [4.78, 5) is 24.5. The monoisotopic (exact) mass is 314 g/mol. The molecule has 112 valence electrons. The molecule has 22 heavy (non-hydrogen) atoms. The molecule has 6 heteroatoms. The molecule has 0 atom stereocenters. The van der Waals surface area contributed by atoms with Crippen molar-refractivity contribution in [2.24, 2.45) is 0 Å². The maximum absolute atomic E-state index is 11.8. The first kappa shape index (κ1) is 15.7. The van der Waals surface area contributed by atoms with Crippen molar-refractivity contribution in [3.05, 3.63) is 57.8 Å². The summed E-state index contributed by atoms with van der Waals surface area (Å²) in [6.45, 7) is 0.168. The summed E-state index contributed by atoms with van der Waals surface area (Å²) in [5.74, 6) is -0.966. The van der Waals surface area contributed by atoms with Crippen LogP contribution in [-0.4, -0.2) is 25.0 Å². The van der Waals surface area contributed by atoms with E-state index in [4.69, 9.17) is 10.00 Å². The van der Waals surface area contributed by atoms with Gasteiger partial charge in [-0.15, -0.1) is 11.3 Å². The van der Waals surface area contributed by atoms with Crippen molar-refractivity contribution in [2.75, 3.05) is 13.2 Å². The second kappa shape index (κ2) is 7.96. The van der Waals surface area contributed by atoms with Gasteiger partial charge >= 0.3 is 5.97 Å². The van der Waals surface area contributed by atoms with Gasteiger partial charge in [-0.05, 0) is 36.1 Å². The first-order valence-corrected chi connectivity index (χ1v) is 7.53. The highest BCUT2D eigenvalue weighted by Crippen LogP contribution is 2.08. The molecule has 2 rings (SSSR count). The summed E-state index contributed by atoms with van der Waals surface area (Å²) in [7, 11) is 0. The Morgan fingerprint density at radius 1 is 1.27 bits per heavy atom. The quantitative estimate of drug-likeness (QED) is 0.828. The predicted octanol–water partition coefficient (Wildman–Crippen LogP) is 2.14. The van der Waals surface area contributed by atoms with Crippen molar-refractivity contribution in [1.82, 2.24) is 5.32 Å². The van der Waals surface area contributed by atoms with E-state index in [2.05, 4.69) is 5.32 Å². The van der Waals surface area contributed by atoms with Crippen LogP contribution in [0.4, 0.5) is 0 Å². The fourth-order valence-corrected chi connectivity index (χ4v) is 2.47. The minimum atomic E-state index is -0.620. The topological polar surface area (TPSA) is 79.2 Å². The number of nitrogens with one attached hydrogen (secondary N) is 1. The third kappa shape index (κ3) is 4.72. The number of nitrogens with zero attached hydrogens (tertiary/aromatic N) is 1. The summed E-state index contributed by atoms with van der Waals surface area (Å²) < 4.78 is 4.92. The van der Waals surface area contributed by atoms with Gasteiger partial charge in [0.05, 0.1) is 17.2 Å². The molecule has 0 radical (unpaired) electrons. The van der Waals surface area contributed by atoms with Gasteiger partial charge in [-0.2, -0.15) is 5.26 Å². The lowest BCUT2D eigenvalue weighted by atomic mass is 10.1. The summed E-state index contributed by atoms with van der Waals surface area (Å²) in [6.07, 6.45) is 0.752. The maximum atomic E-state index is 11.8. The molecule has 0 bridgehead atoms. The summed E-state index contributed by atoms with van der Waals surface area (Å²) in [5.41, 5.74) is 0.625. The van der Waals surface area contributed by atoms with E-state index in [1.165, 1.54) is 17.0 Å². The van der Waals surface area contributed by atoms with Crippen molar-refractivity contribution < 1.29 is 14.3 Å². The van der Waals surface area contributed by atoms with Crippen LogP contribution in [0.5, 0.6) is 0 Å². The Morgan fingerprint density at radius 2 is 2.14 bits per heavy atom. The molecule has 0 spiro atoms. The lowest BCUT2D eigenvalue weighted by molar-refractivity contribution is -0.124. The molecule has 1 amide bonds. The third-order valence-electron chi connectivity index (χ3n) is 2.84. The average molecular weight is 314 g/mol. The van der Waals surface area contributed by atoms with Gasteiger partial charge in [0.2, 0.25) is 0 Å². The second-order valence-corrected chi connectivity index (χ2v) is 5.48. The van der Waals surface area contributed by atoms with Gasteiger partial charge in [-0.25, -0.2) is 4.79 Å². The van der Waals surface area contributed by atoms with Gasteiger partial charge in [-0.1, -0.05) is 12.1 Å². The zero-order valence-corrected chi connectivity index (χ0v) is 12.6. The minimum absolute atomic E-state index is 0.255. The number of carbonyl (C=O) groups is 2. The number of hydrogen-bond donors (Lipinski definition) is 1. The summed E-state index contributed by atoms with van der Waals surface area (Å²) >= 11 is 1.63. The molecule has 2 aromatic rings. The summed E-state index contributed by atoms with van der Waals surface area (Å²) in [5, 5.41) is 13.4. The van der Waals surface area contributed by atoms with Gasteiger partial charge in [0.1, 0.15) is 0 Å². The number of benzene rings is 1. The number of nitriles is 1. The van der Waals surface area contributed by atoms with Crippen molar-refractivity contribution >= 4 is 23.2 Å². The number of amides is 1.